The largest absolute Gasteiger partial charge is 0.384 e. The van der Waals surface area contributed by atoms with E-state index >= 15 is 0 Å². The molecule has 0 aliphatic rings. The standard InChI is InChI=1S/C11H13BrO/c1-7(2)11(13)9-5-4-6-10(12)8(9)3/h4-6,11,13H,1H2,2-3H3. The summed E-state index contributed by atoms with van der Waals surface area (Å²) in [6.07, 6.45) is -0.558. The molecule has 70 valence electrons. The molecule has 1 aromatic rings. The van der Waals surface area contributed by atoms with E-state index in [1.807, 2.05) is 32.0 Å². The molecule has 13 heavy (non-hydrogen) atoms. The molecular weight excluding hydrogens is 228 g/mol. The van der Waals surface area contributed by atoms with Crippen LogP contribution in [0.5, 0.6) is 0 Å². The minimum atomic E-state index is -0.558. The third-order valence-electron chi connectivity index (χ3n) is 2.07. The van der Waals surface area contributed by atoms with Crippen molar-refractivity contribution < 1.29 is 5.11 Å². The molecule has 0 aliphatic heterocycles. The molecular formula is C11H13BrO. The molecule has 1 unspecified atom stereocenters. The van der Waals surface area contributed by atoms with Crippen LogP contribution in [0.15, 0.2) is 34.8 Å². The van der Waals surface area contributed by atoms with E-state index in [0.29, 0.717) is 0 Å². The van der Waals surface area contributed by atoms with Crippen LogP contribution in [-0.4, -0.2) is 5.11 Å². The third-order valence-corrected chi connectivity index (χ3v) is 2.93. The molecule has 0 radical (unpaired) electrons. The highest BCUT2D eigenvalue weighted by molar-refractivity contribution is 9.10. The summed E-state index contributed by atoms with van der Waals surface area (Å²) in [5.41, 5.74) is 2.75. The minimum Gasteiger partial charge on any atom is -0.384 e. The second-order valence-electron chi connectivity index (χ2n) is 3.20. The number of aliphatic hydroxyl groups excluding tert-OH is 1. The number of benzene rings is 1. The van der Waals surface area contributed by atoms with E-state index in [1.54, 1.807) is 0 Å². The van der Waals surface area contributed by atoms with Crippen LogP contribution in [0.1, 0.15) is 24.2 Å². The van der Waals surface area contributed by atoms with Gasteiger partial charge in [0, 0.05) is 4.47 Å². The van der Waals surface area contributed by atoms with Gasteiger partial charge in [0.05, 0.1) is 6.10 Å². The maximum atomic E-state index is 9.78. The predicted octanol–water partition coefficient (Wildman–Crippen LogP) is 3.37. The SMILES string of the molecule is C=C(C)C(O)c1cccc(Br)c1C. The molecule has 0 saturated heterocycles. The number of hydrogen-bond acceptors (Lipinski definition) is 1. The van der Waals surface area contributed by atoms with Crippen LogP contribution in [-0.2, 0) is 0 Å². The second kappa shape index (κ2) is 4.07. The van der Waals surface area contributed by atoms with Gasteiger partial charge in [-0.25, -0.2) is 0 Å². The topological polar surface area (TPSA) is 20.2 Å². The molecule has 0 fully saturated rings. The molecule has 0 aliphatic carbocycles. The Balaban J connectivity index is 3.15. The zero-order chi connectivity index (χ0) is 10.0. The lowest BCUT2D eigenvalue weighted by molar-refractivity contribution is 0.215. The lowest BCUT2D eigenvalue weighted by Crippen LogP contribution is -2.00. The molecule has 0 spiro atoms. The summed E-state index contributed by atoms with van der Waals surface area (Å²) in [6.45, 7) is 7.54. The van der Waals surface area contributed by atoms with Crippen molar-refractivity contribution in [2.45, 2.75) is 20.0 Å². The maximum absolute atomic E-state index is 9.78. The normalized spacial score (nSPS) is 12.6. The summed E-state index contributed by atoms with van der Waals surface area (Å²) < 4.78 is 1.02. The van der Waals surface area contributed by atoms with Crippen LogP contribution >= 0.6 is 15.9 Å². The lowest BCUT2D eigenvalue weighted by Gasteiger charge is -2.14. The smallest absolute Gasteiger partial charge is 0.0998 e. The highest BCUT2D eigenvalue weighted by atomic mass is 79.9. The van der Waals surface area contributed by atoms with Crippen LogP contribution in [0.25, 0.3) is 0 Å². The molecule has 1 atom stereocenters. The van der Waals surface area contributed by atoms with Gasteiger partial charge in [0.1, 0.15) is 0 Å². The van der Waals surface area contributed by atoms with E-state index < -0.39 is 6.10 Å². The summed E-state index contributed by atoms with van der Waals surface area (Å²) in [4.78, 5) is 0. The molecule has 0 saturated carbocycles. The maximum Gasteiger partial charge on any atom is 0.0998 e. The van der Waals surface area contributed by atoms with Crippen molar-refractivity contribution in [2.24, 2.45) is 0 Å². The van der Waals surface area contributed by atoms with Gasteiger partial charge in [-0.05, 0) is 36.6 Å². The van der Waals surface area contributed by atoms with Crippen LogP contribution in [0, 0.1) is 6.92 Å². The van der Waals surface area contributed by atoms with Gasteiger partial charge in [-0.1, -0.05) is 34.6 Å². The Morgan fingerprint density at radius 3 is 2.69 bits per heavy atom. The van der Waals surface area contributed by atoms with Crippen LogP contribution in [0.4, 0.5) is 0 Å². The predicted molar refractivity (Wildman–Crippen MR) is 58.7 cm³/mol. The number of halogens is 1. The van der Waals surface area contributed by atoms with Gasteiger partial charge in [0.2, 0.25) is 0 Å². The van der Waals surface area contributed by atoms with E-state index in [9.17, 15) is 5.11 Å². The fourth-order valence-corrected chi connectivity index (χ4v) is 1.57. The average Bonchev–Trinajstić information content (AvgIpc) is 2.08. The van der Waals surface area contributed by atoms with Gasteiger partial charge in [0.15, 0.2) is 0 Å². The van der Waals surface area contributed by atoms with Gasteiger partial charge in [-0.2, -0.15) is 0 Å². The lowest BCUT2D eigenvalue weighted by atomic mass is 9.99. The molecule has 2 heteroatoms. The first-order valence-corrected chi connectivity index (χ1v) is 4.92. The van der Waals surface area contributed by atoms with Crippen molar-refractivity contribution in [3.8, 4) is 0 Å². The molecule has 1 rings (SSSR count). The van der Waals surface area contributed by atoms with Crippen molar-refractivity contribution in [2.75, 3.05) is 0 Å². The van der Waals surface area contributed by atoms with Crippen molar-refractivity contribution in [1.82, 2.24) is 0 Å². The first-order valence-electron chi connectivity index (χ1n) is 4.12. The Hall–Kier alpha value is -0.600. The Labute approximate surface area is 87.2 Å². The summed E-state index contributed by atoms with van der Waals surface area (Å²) >= 11 is 3.42. The van der Waals surface area contributed by atoms with Crippen molar-refractivity contribution >= 4 is 15.9 Å². The number of rotatable bonds is 2. The Kier molecular flexibility index (Phi) is 3.28. The Bertz CT molecular complexity index is 331. The molecule has 1 aromatic carbocycles. The molecule has 0 amide bonds. The number of hydrogen-bond donors (Lipinski definition) is 1. The van der Waals surface area contributed by atoms with E-state index in [2.05, 4.69) is 22.5 Å². The summed E-state index contributed by atoms with van der Waals surface area (Å²) in [5.74, 6) is 0. The monoisotopic (exact) mass is 240 g/mol. The van der Waals surface area contributed by atoms with Crippen LogP contribution in [0.3, 0.4) is 0 Å². The minimum absolute atomic E-state index is 0.558. The summed E-state index contributed by atoms with van der Waals surface area (Å²) in [5, 5.41) is 9.78. The first kappa shape index (κ1) is 10.5. The second-order valence-corrected chi connectivity index (χ2v) is 4.06. The van der Waals surface area contributed by atoms with E-state index in [1.165, 1.54) is 0 Å². The Morgan fingerprint density at radius 2 is 2.15 bits per heavy atom. The average molecular weight is 241 g/mol. The molecule has 1 N–H and O–H groups in total. The number of aliphatic hydroxyl groups is 1. The molecule has 1 nitrogen and oxygen atoms in total. The first-order chi connectivity index (χ1) is 6.04. The van der Waals surface area contributed by atoms with Gasteiger partial charge < -0.3 is 5.11 Å². The van der Waals surface area contributed by atoms with Crippen molar-refractivity contribution in [3.63, 3.8) is 0 Å². The molecule has 0 aromatic heterocycles. The quantitative estimate of drug-likeness (QED) is 0.787. The van der Waals surface area contributed by atoms with Crippen LogP contribution in [0.2, 0.25) is 0 Å². The van der Waals surface area contributed by atoms with Crippen molar-refractivity contribution in [3.05, 3.63) is 46.0 Å². The molecule has 0 heterocycles. The fraction of sp³-hybridized carbons (Fsp3) is 0.273. The zero-order valence-electron chi connectivity index (χ0n) is 7.84. The summed E-state index contributed by atoms with van der Waals surface area (Å²) in [7, 11) is 0. The third kappa shape index (κ3) is 2.20. The highest BCUT2D eigenvalue weighted by Crippen LogP contribution is 2.27. The Morgan fingerprint density at radius 1 is 1.54 bits per heavy atom. The fourth-order valence-electron chi connectivity index (χ4n) is 1.19. The van der Waals surface area contributed by atoms with Gasteiger partial charge in [-0.15, -0.1) is 0 Å². The molecule has 0 bridgehead atoms. The van der Waals surface area contributed by atoms with Crippen LogP contribution < -0.4 is 0 Å². The van der Waals surface area contributed by atoms with Gasteiger partial charge in [-0.3, -0.25) is 0 Å². The van der Waals surface area contributed by atoms with E-state index in [-0.39, 0.29) is 0 Å². The summed E-state index contributed by atoms with van der Waals surface area (Å²) in [6, 6.07) is 5.79. The highest BCUT2D eigenvalue weighted by Gasteiger charge is 2.11. The van der Waals surface area contributed by atoms with E-state index in [0.717, 1.165) is 21.2 Å². The van der Waals surface area contributed by atoms with E-state index in [4.69, 9.17) is 0 Å². The zero-order valence-corrected chi connectivity index (χ0v) is 9.43. The van der Waals surface area contributed by atoms with Crippen molar-refractivity contribution in [1.29, 1.82) is 0 Å². The van der Waals surface area contributed by atoms with Gasteiger partial charge in [0.25, 0.3) is 0 Å². The van der Waals surface area contributed by atoms with Gasteiger partial charge >= 0.3 is 0 Å².